The largest absolute Gasteiger partial charge is 0.459 e. The summed E-state index contributed by atoms with van der Waals surface area (Å²) in [5, 5.41) is 3.03. The van der Waals surface area contributed by atoms with Crippen LogP contribution in [0.5, 0.6) is 0 Å². The molecule has 0 bridgehead atoms. The Hall–Kier alpha value is -2.57. The number of hydrogen-bond acceptors (Lipinski definition) is 6. The van der Waals surface area contributed by atoms with Gasteiger partial charge in [0.05, 0.1) is 6.26 Å². The Kier molecular flexibility index (Phi) is 4.45. The summed E-state index contributed by atoms with van der Waals surface area (Å²) in [6, 6.07) is 5.44. The molecule has 0 radical (unpaired) electrons. The maximum atomic E-state index is 12.1. The zero-order chi connectivity index (χ0) is 16.2. The molecular formula is C16H21N5O2. The van der Waals surface area contributed by atoms with Gasteiger partial charge in [0.15, 0.2) is 5.76 Å². The molecule has 1 amide bonds. The Morgan fingerprint density at radius 3 is 3.04 bits per heavy atom. The predicted molar refractivity (Wildman–Crippen MR) is 87.8 cm³/mol. The minimum atomic E-state index is -0.168. The second kappa shape index (κ2) is 6.68. The lowest BCUT2D eigenvalue weighted by atomic mass is 10.1. The van der Waals surface area contributed by atoms with Gasteiger partial charge in [-0.25, -0.2) is 9.97 Å². The van der Waals surface area contributed by atoms with Crippen LogP contribution in [0, 0.1) is 0 Å². The first-order chi connectivity index (χ1) is 11.1. The summed E-state index contributed by atoms with van der Waals surface area (Å²) >= 11 is 0. The van der Waals surface area contributed by atoms with Gasteiger partial charge in [0.2, 0.25) is 0 Å². The van der Waals surface area contributed by atoms with E-state index in [0.29, 0.717) is 5.76 Å². The van der Waals surface area contributed by atoms with Gasteiger partial charge >= 0.3 is 0 Å². The van der Waals surface area contributed by atoms with Crippen LogP contribution in [-0.4, -0.2) is 49.1 Å². The van der Waals surface area contributed by atoms with Crippen LogP contribution in [0.15, 0.2) is 35.2 Å². The third kappa shape index (κ3) is 3.61. The minimum Gasteiger partial charge on any atom is -0.459 e. The van der Waals surface area contributed by atoms with Crippen LogP contribution >= 0.6 is 0 Å². The fourth-order valence-corrected chi connectivity index (χ4v) is 2.72. The third-order valence-electron chi connectivity index (χ3n) is 3.92. The summed E-state index contributed by atoms with van der Waals surface area (Å²) in [5.74, 6) is 1.94. The average molecular weight is 315 g/mol. The number of hydrogen-bond donors (Lipinski definition) is 1. The highest BCUT2D eigenvalue weighted by Crippen LogP contribution is 2.20. The van der Waals surface area contributed by atoms with Crippen molar-refractivity contribution in [1.29, 1.82) is 0 Å². The van der Waals surface area contributed by atoms with Crippen LogP contribution in [0.25, 0.3) is 0 Å². The molecule has 3 rings (SSSR count). The highest BCUT2D eigenvalue weighted by atomic mass is 16.3. The molecule has 0 aromatic carbocycles. The Bertz CT molecular complexity index is 656. The number of anilines is 2. The summed E-state index contributed by atoms with van der Waals surface area (Å²) in [6.07, 6.45) is 5.04. The summed E-state index contributed by atoms with van der Waals surface area (Å²) < 4.78 is 5.14. The van der Waals surface area contributed by atoms with E-state index >= 15 is 0 Å². The van der Waals surface area contributed by atoms with Crippen LogP contribution < -0.4 is 15.1 Å². The predicted octanol–water partition coefficient (Wildman–Crippen LogP) is 1.53. The molecule has 23 heavy (non-hydrogen) atoms. The second-order valence-corrected chi connectivity index (χ2v) is 5.86. The Morgan fingerprint density at radius 2 is 2.30 bits per heavy atom. The molecule has 0 spiro atoms. The van der Waals surface area contributed by atoms with Crippen LogP contribution in [-0.2, 0) is 0 Å². The number of amides is 1. The molecule has 1 aliphatic heterocycles. The van der Waals surface area contributed by atoms with E-state index in [0.717, 1.165) is 37.6 Å². The average Bonchev–Trinajstić information content (AvgIpc) is 3.10. The number of furan rings is 1. The summed E-state index contributed by atoms with van der Waals surface area (Å²) in [4.78, 5) is 24.8. The van der Waals surface area contributed by atoms with E-state index in [-0.39, 0.29) is 11.9 Å². The Labute approximate surface area is 135 Å². The van der Waals surface area contributed by atoms with E-state index < -0.39 is 0 Å². The number of nitrogens with zero attached hydrogens (tertiary/aromatic N) is 4. The first-order valence-electron chi connectivity index (χ1n) is 7.72. The molecule has 0 saturated carbocycles. The van der Waals surface area contributed by atoms with Gasteiger partial charge in [0, 0.05) is 39.3 Å². The third-order valence-corrected chi connectivity index (χ3v) is 3.92. The van der Waals surface area contributed by atoms with Crippen molar-refractivity contribution in [3.8, 4) is 0 Å². The standard InChI is InChI=1S/C16H21N5O2/c1-20(2)14-9-15(18-11-17-14)21-7-3-5-12(10-21)19-16(22)13-6-4-8-23-13/h4,6,8-9,11-12H,3,5,7,10H2,1-2H3,(H,19,22)/t12-/m1/s1. The van der Waals surface area contributed by atoms with E-state index in [9.17, 15) is 4.79 Å². The van der Waals surface area contributed by atoms with Gasteiger partial charge in [0.25, 0.3) is 5.91 Å². The molecule has 2 aromatic heterocycles. The van der Waals surface area contributed by atoms with Gasteiger partial charge in [-0.15, -0.1) is 0 Å². The van der Waals surface area contributed by atoms with E-state index in [1.165, 1.54) is 6.26 Å². The van der Waals surface area contributed by atoms with Gasteiger partial charge in [-0.2, -0.15) is 0 Å². The number of nitrogens with one attached hydrogen (secondary N) is 1. The van der Waals surface area contributed by atoms with E-state index in [2.05, 4.69) is 20.2 Å². The highest BCUT2D eigenvalue weighted by Gasteiger charge is 2.23. The number of piperidine rings is 1. The van der Waals surface area contributed by atoms with Crippen molar-refractivity contribution < 1.29 is 9.21 Å². The molecule has 1 fully saturated rings. The van der Waals surface area contributed by atoms with Crippen LogP contribution in [0.2, 0.25) is 0 Å². The molecular weight excluding hydrogens is 294 g/mol. The smallest absolute Gasteiger partial charge is 0.287 e. The topological polar surface area (TPSA) is 74.5 Å². The number of carbonyl (C=O) groups is 1. The van der Waals surface area contributed by atoms with Gasteiger partial charge in [0.1, 0.15) is 18.0 Å². The van der Waals surface area contributed by atoms with Crippen molar-refractivity contribution in [1.82, 2.24) is 15.3 Å². The fraction of sp³-hybridized carbons (Fsp3) is 0.438. The summed E-state index contributed by atoms with van der Waals surface area (Å²) in [7, 11) is 3.91. The molecule has 7 heteroatoms. The van der Waals surface area contributed by atoms with Crippen molar-refractivity contribution in [2.24, 2.45) is 0 Å². The van der Waals surface area contributed by atoms with Crippen molar-refractivity contribution in [2.75, 3.05) is 37.0 Å². The molecule has 1 aliphatic rings. The van der Waals surface area contributed by atoms with Crippen LogP contribution in [0.1, 0.15) is 23.4 Å². The SMILES string of the molecule is CN(C)c1cc(N2CCC[C@@H](NC(=O)c3ccco3)C2)ncn1. The zero-order valence-electron chi connectivity index (χ0n) is 13.4. The normalized spacial score (nSPS) is 17.8. The molecule has 1 atom stereocenters. The molecule has 2 aromatic rings. The van der Waals surface area contributed by atoms with Crippen molar-refractivity contribution in [2.45, 2.75) is 18.9 Å². The van der Waals surface area contributed by atoms with E-state index in [4.69, 9.17) is 4.42 Å². The maximum absolute atomic E-state index is 12.1. The number of aromatic nitrogens is 2. The molecule has 1 saturated heterocycles. The van der Waals surface area contributed by atoms with Gasteiger partial charge in [-0.05, 0) is 25.0 Å². The van der Waals surface area contributed by atoms with Gasteiger partial charge in [-0.3, -0.25) is 4.79 Å². The van der Waals surface area contributed by atoms with E-state index in [1.807, 2.05) is 25.1 Å². The lowest BCUT2D eigenvalue weighted by Crippen LogP contribution is -2.48. The molecule has 1 N–H and O–H groups in total. The Morgan fingerprint density at radius 1 is 1.43 bits per heavy atom. The van der Waals surface area contributed by atoms with Gasteiger partial charge in [-0.1, -0.05) is 0 Å². The molecule has 122 valence electrons. The summed E-state index contributed by atoms with van der Waals surface area (Å²) in [5.41, 5.74) is 0. The maximum Gasteiger partial charge on any atom is 0.287 e. The van der Waals surface area contributed by atoms with Crippen molar-refractivity contribution in [3.63, 3.8) is 0 Å². The second-order valence-electron chi connectivity index (χ2n) is 5.86. The monoisotopic (exact) mass is 315 g/mol. The van der Waals surface area contributed by atoms with Crippen LogP contribution in [0.3, 0.4) is 0 Å². The fourth-order valence-electron chi connectivity index (χ4n) is 2.72. The molecule has 7 nitrogen and oxygen atoms in total. The molecule has 0 unspecified atom stereocenters. The summed E-state index contributed by atoms with van der Waals surface area (Å²) in [6.45, 7) is 1.66. The first kappa shape index (κ1) is 15.3. The van der Waals surface area contributed by atoms with Gasteiger partial charge < -0.3 is 19.5 Å². The van der Waals surface area contributed by atoms with Crippen molar-refractivity contribution in [3.05, 3.63) is 36.5 Å². The molecule has 0 aliphatic carbocycles. The number of rotatable bonds is 4. The highest BCUT2D eigenvalue weighted by molar-refractivity contribution is 5.91. The van der Waals surface area contributed by atoms with Crippen LogP contribution in [0.4, 0.5) is 11.6 Å². The lowest BCUT2D eigenvalue weighted by molar-refractivity contribution is 0.0905. The van der Waals surface area contributed by atoms with Crippen molar-refractivity contribution >= 4 is 17.5 Å². The Balaban J connectivity index is 1.66. The first-order valence-corrected chi connectivity index (χ1v) is 7.72. The minimum absolute atomic E-state index is 0.0825. The quantitative estimate of drug-likeness (QED) is 0.922. The molecule has 3 heterocycles. The number of carbonyl (C=O) groups excluding carboxylic acids is 1. The zero-order valence-corrected chi connectivity index (χ0v) is 13.4. The lowest BCUT2D eigenvalue weighted by Gasteiger charge is -2.34. The van der Waals surface area contributed by atoms with E-state index in [1.54, 1.807) is 18.5 Å².